The van der Waals surface area contributed by atoms with Gasteiger partial charge in [0.1, 0.15) is 18.1 Å². The summed E-state index contributed by atoms with van der Waals surface area (Å²) in [5.74, 6) is 1.70. The third-order valence-electron chi connectivity index (χ3n) is 4.31. The third kappa shape index (κ3) is 4.53. The lowest BCUT2D eigenvalue weighted by Crippen LogP contribution is -2.33. The van der Waals surface area contributed by atoms with E-state index in [0.717, 1.165) is 50.3 Å². The van der Waals surface area contributed by atoms with Crippen LogP contribution in [0.3, 0.4) is 0 Å². The van der Waals surface area contributed by atoms with Crippen LogP contribution in [-0.2, 0) is 11.2 Å². The maximum Gasteiger partial charge on any atom is 0.162 e. The van der Waals surface area contributed by atoms with Gasteiger partial charge in [-0.15, -0.1) is 0 Å². The van der Waals surface area contributed by atoms with Crippen molar-refractivity contribution in [3.8, 4) is 11.5 Å². The second-order valence-corrected chi connectivity index (χ2v) is 6.87. The molecule has 0 amide bonds. The first-order valence-corrected chi connectivity index (χ1v) is 8.78. The van der Waals surface area contributed by atoms with Crippen LogP contribution in [0.1, 0.15) is 25.8 Å². The Balaban J connectivity index is 1.52. The molecular formula is C21H25NO3. The molecule has 2 aromatic carbocycles. The summed E-state index contributed by atoms with van der Waals surface area (Å²) in [6.07, 6.45) is 2.91. The van der Waals surface area contributed by atoms with Gasteiger partial charge in [-0.3, -0.25) is 4.79 Å². The van der Waals surface area contributed by atoms with Crippen molar-refractivity contribution in [3.05, 3.63) is 54.1 Å². The van der Waals surface area contributed by atoms with E-state index in [9.17, 15) is 4.79 Å². The van der Waals surface area contributed by atoms with Crippen LogP contribution >= 0.6 is 0 Å². The Morgan fingerprint density at radius 2 is 1.92 bits per heavy atom. The predicted molar refractivity (Wildman–Crippen MR) is 99.7 cm³/mol. The van der Waals surface area contributed by atoms with Crippen LogP contribution in [0.2, 0.25) is 0 Å². The minimum Gasteiger partial charge on any atom is -0.490 e. The van der Waals surface area contributed by atoms with Crippen molar-refractivity contribution in [2.45, 2.75) is 32.3 Å². The molecule has 25 heavy (non-hydrogen) atoms. The van der Waals surface area contributed by atoms with E-state index in [1.807, 2.05) is 24.3 Å². The lowest BCUT2D eigenvalue weighted by Gasteiger charge is -2.31. The Morgan fingerprint density at radius 1 is 1.16 bits per heavy atom. The van der Waals surface area contributed by atoms with Gasteiger partial charge in [-0.05, 0) is 56.5 Å². The van der Waals surface area contributed by atoms with Crippen LogP contribution in [0.15, 0.2) is 48.5 Å². The molecular weight excluding hydrogens is 314 g/mol. The number of rotatable bonds is 7. The number of nitrogens with zero attached hydrogens (tertiary/aromatic N) is 1. The highest BCUT2D eigenvalue weighted by Crippen LogP contribution is 2.31. The van der Waals surface area contributed by atoms with Crippen molar-refractivity contribution in [2.24, 2.45) is 0 Å². The summed E-state index contributed by atoms with van der Waals surface area (Å²) in [7, 11) is 0. The molecule has 0 bridgehead atoms. The molecule has 4 nitrogen and oxygen atoms in total. The Kier molecular flexibility index (Phi) is 5.27. The zero-order valence-corrected chi connectivity index (χ0v) is 14.9. The molecule has 132 valence electrons. The number of carbonyl (C=O) groups excluding carboxylic acids is 1. The number of anilines is 1. The molecule has 0 aromatic heterocycles. The van der Waals surface area contributed by atoms with Crippen molar-refractivity contribution >= 4 is 12.0 Å². The fraction of sp³-hybridized carbons (Fsp3) is 0.381. The maximum atomic E-state index is 10.9. The van der Waals surface area contributed by atoms with Crippen molar-refractivity contribution in [2.75, 3.05) is 24.6 Å². The number of benzene rings is 2. The Labute approximate surface area is 149 Å². The SMILES string of the molecule is CC(C)(C=O)Oc1ccc(CCCN2CCOc3ccccc32)cc1. The Hall–Kier alpha value is -2.49. The molecule has 0 N–H and O–H groups in total. The second kappa shape index (κ2) is 7.60. The molecule has 1 heterocycles. The number of aryl methyl sites for hydroxylation is 1. The first-order valence-electron chi connectivity index (χ1n) is 8.78. The molecule has 4 heteroatoms. The smallest absolute Gasteiger partial charge is 0.162 e. The summed E-state index contributed by atoms with van der Waals surface area (Å²) in [5.41, 5.74) is 1.68. The molecule has 1 aliphatic heterocycles. The minimum atomic E-state index is -0.786. The van der Waals surface area contributed by atoms with Crippen LogP contribution in [0.5, 0.6) is 11.5 Å². The van der Waals surface area contributed by atoms with Gasteiger partial charge in [-0.25, -0.2) is 0 Å². The molecule has 0 radical (unpaired) electrons. The quantitative estimate of drug-likeness (QED) is 0.718. The molecule has 0 fully saturated rings. The van der Waals surface area contributed by atoms with Gasteiger partial charge in [0.15, 0.2) is 11.9 Å². The topological polar surface area (TPSA) is 38.8 Å². The van der Waals surface area contributed by atoms with E-state index in [4.69, 9.17) is 9.47 Å². The summed E-state index contributed by atoms with van der Waals surface area (Å²) in [5, 5.41) is 0. The molecule has 2 aromatic rings. The van der Waals surface area contributed by atoms with Crippen molar-refractivity contribution < 1.29 is 14.3 Å². The normalized spacial score (nSPS) is 13.8. The van der Waals surface area contributed by atoms with Crippen LogP contribution < -0.4 is 14.4 Å². The van der Waals surface area contributed by atoms with E-state index < -0.39 is 5.60 Å². The predicted octanol–water partition coefficient (Wildman–Crippen LogP) is 3.87. The number of fused-ring (bicyclic) bond motifs is 1. The molecule has 0 atom stereocenters. The van der Waals surface area contributed by atoms with Crippen LogP contribution in [-0.4, -0.2) is 31.6 Å². The average molecular weight is 339 g/mol. The van der Waals surface area contributed by atoms with E-state index in [1.165, 1.54) is 11.3 Å². The van der Waals surface area contributed by atoms with Gasteiger partial charge in [0.05, 0.1) is 12.2 Å². The van der Waals surface area contributed by atoms with E-state index >= 15 is 0 Å². The largest absolute Gasteiger partial charge is 0.490 e. The fourth-order valence-electron chi connectivity index (χ4n) is 2.98. The van der Waals surface area contributed by atoms with Gasteiger partial charge in [0.2, 0.25) is 0 Å². The average Bonchev–Trinajstić information content (AvgIpc) is 2.63. The zero-order chi connectivity index (χ0) is 17.7. The van der Waals surface area contributed by atoms with Crippen LogP contribution in [0.25, 0.3) is 0 Å². The summed E-state index contributed by atoms with van der Waals surface area (Å²) in [6, 6.07) is 16.2. The fourth-order valence-corrected chi connectivity index (χ4v) is 2.98. The molecule has 0 saturated carbocycles. The molecule has 0 spiro atoms. The first kappa shape index (κ1) is 17.3. The number of hydrogen-bond acceptors (Lipinski definition) is 4. The number of ether oxygens (including phenoxy) is 2. The number of carbonyl (C=O) groups is 1. The Bertz CT molecular complexity index is 709. The number of para-hydroxylation sites is 2. The minimum absolute atomic E-state index is 0.725. The lowest BCUT2D eigenvalue weighted by molar-refractivity contribution is -0.118. The van der Waals surface area contributed by atoms with Gasteiger partial charge < -0.3 is 14.4 Å². The summed E-state index contributed by atoms with van der Waals surface area (Å²) in [4.78, 5) is 13.3. The molecule has 3 rings (SSSR count). The number of hydrogen-bond donors (Lipinski definition) is 0. The Morgan fingerprint density at radius 3 is 2.68 bits per heavy atom. The third-order valence-corrected chi connectivity index (χ3v) is 4.31. The van der Waals surface area contributed by atoms with Gasteiger partial charge in [-0.1, -0.05) is 24.3 Å². The van der Waals surface area contributed by atoms with Crippen LogP contribution in [0, 0.1) is 0 Å². The highest BCUT2D eigenvalue weighted by Gasteiger charge is 2.18. The van der Waals surface area contributed by atoms with E-state index in [1.54, 1.807) is 13.8 Å². The summed E-state index contributed by atoms with van der Waals surface area (Å²) in [6.45, 7) is 6.21. The summed E-state index contributed by atoms with van der Waals surface area (Å²) < 4.78 is 11.4. The van der Waals surface area contributed by atoms with E-state index in [0.29, 0.717) is 0 Å². The molecule has 0 saturated heterocycles. The van der Waals surface area contributed by atoms with Crippen molar-refractivity contribution in [3.63, 3.8) is 0 Å². The van der Waals surface area contributed by atoms with Crippen molar-refractivity contribution in [1.29, 1.82) is 0 Å². The number of aldehydes is 1. The van der Waals surface area contributed by atoms with Gasteiger partial charge in [0.25, 0.3) is 0 Å². The first-order chi connectivity index (χ1) is 12.1. The van der Waals surface area contributed by atoms with Crippen LogP contribution in [0.4, 0.5) is 5.69 Å². The van der Waals surface area contributed by atoms with Gasteiger partial charge in [0, 0.05) is 6.54 Å². The second-order valence-electron chi connectivity index (χ2n) is 6.87. The maximum absolute atomic E-state index is 10.9. The monoisotopic (exact) mass is 339 g/mol. The molecule has 0 aliphatic carbocycles. The van der Waals surface area contributed by atoms with E-state index in [2.05, 4.69) is 29.2 Å². The molecule has 0 unspecified atom stereocenters. The summed E-state index contributed by atoms with van der Waals surface area (Å²) >= 11 is 0. The van der Waals surface area contributed by atoms with Gasteiger partial charge >= 0.3 is 0 Å². The zero-order valence-electron chi connectivity index (χ0n) is 14.9. The van der Waals surface area contributed by atoms with E-state index in [-0.39, 0.29) is 0 Å². The highest BCUT2D eigenvalue weighted by atomic mass is 16.5. The van der Waals surface area contributed by atoms with Crippen molar-refractivity contribution in [1.82, 2.24) is 0 Å². The molecule has 1 aliphatic rings. The lowest BCUT2D eigenvalue weighted by atomic mass is 10.1. The highest BCUT2D eigenvalue weighted by molar-refractivity contribution is 5.61. The van der Waals surface area contributed by atoms with Gasteiger partial charge in [-0.2, -0.15) is 0 Å². The standard InChI is InChI=1S/C21H25NO3/c1-21(2,16-23)25-18-11-9-17(10-12-18)6-5-13-22-14-15-24-20-8-4-3-7-19(20)22/h3-4,7-12,16H,5-6,13-15H2,1-2H3.